The zero-order valence-corrected chi connectivity index (χ0v) is 14.2. The number of carbonyl (C=O) groups excluding carboxylic acids is 1. The van der Waals surface area contributed by atoms with E-state index >= 15 is 0 Å². The molecular formula is C19H28N2O2. The van der Waals surface area contributed by atoms with Gasteiger partial charge in [0.05, 0.1) is 13.2 Å². The Morgan fingerprint density at radius 3 is 2.39 bits per heavy atom. The second kappa shape index (κ2) is 7.93. The normalized spacial score (nSPS) is 20.7. The van der Waals surface area contributed by atoms with Gasteiger partial charge < -0.3 is 9.64 Å². The number of ether oxygens (including phenoxy) is 1. The first-order valence-electron chi connectivity index (χ1n) is 8.84. The molecule has 2 heterocycles. The summed E-state index contributed by atoms with van der Waals surface area (Å²) in [6, 6.07) is 8.82. The molecular weight excluding hydrogens is 288 g/mol. The summed E-state index contributed by atoms with van der Waals surface area (Å²) >= 11 is 0. The predicted octanol–water partition coefficient (Wildman–Crippen LogP) is 2.46. The lowest BCUT2D eigenvalue weighted by Crippen LogP contribution is -2.42. The maximum Gasteiger partial charge on any atom is 0.223 e. The van der Waals surface area contributed by atoms with Gasteiger partial charge in [0.25, 0.3) is 0 Å². The van der Waals surface area contributed by atoms with Crippen LogP contribution in [0, 0.1) is 12.8 Å². The zero-order valence-electron chi connectivity index (χ0n) is 14.2. The van der Waals surface area contributed by atoms with Crippen LogP contribution in [0.15, 0.2) is 24.3 Å². The molecule has 126 valence electrons. The van der Waals surface area contributed by atoms with Gasteiger partial charge in [-0.25, -0.2) is 0 Å². The van der Waals surface area contributed by atoms with E-state index in [1.54, 1.807) is 0 Å². The molecule has 0 unspecified atom stereocenters. The highest BCUT2D eigenvalue weighted by molar-refractivity contribution is 5.76. The summed E-state index contributed by atoms with van der Waals surface area (Å²) in [7, 11) is 0. The lowest BCUT2D eigenvalue weighted by Gasteiger charge is -2.33. The number of carbonyl (C=O) groups is 1. The molecule has 23 heavy (non-hydrogen) atoms. The van der Waals surface area contributed by atoms with Crippen LogP contribution in [0.3, 0.4) is 0 Å². The second-order valence-corrected chi connectivity index (χ2v) is 6.90. The number of aryl methyl sites for hydroxylation is 1. The summed E-state index contributed by atoms with van der Waals surface area (Å²) in [5.74, 6) is 0.880. The second-order valence-electron chi connectivity index (χ2n) is 6.90. The quantitative estimate of drug-likeness (QED) is 0.855. The first-order chi connectivity index (χ1) is 11.2. The highest BCUT2D eigenvalue weighted by Gasteiger charge is 2.24. The number of hydrogen-bond acceptors (Lipinski definition) is 3. The Kier molecular flexibility index (Phi) is 5.68. The van der Waals surface area contributed by atoms with E-state index in [1.807, 2.05) is 4.90 Å². The van der Waals surface area contributed by atoms with Crippen LogP contribution in [0.2, 0.25) is 0 Å². The summed E-state index contributed by atoms with van der Waals surface area (Å²) in [4.78, 5) is 16.8. The Labute approximate surface area is 139 Å². The van der Waals surface area contributed by atoms with Crippen LogP contribution in [0.1, 0.15) is 30.4 Å². The lowest BCUT2D eigenvalue weighted by molar-refractivity contribution is -0.136. The molecule has 1 amide bonds. The number of hydrogen-bond donors (Lipinski definition) is 0. The van der Waals surface area contributed by atoms with E-state index in [9.17, 15) is 4.79 Å². The predicted molar refractivity (Wildman–Crippen MR) is 91.2 cm³/mol. The van der Waals surface area contributed by atoms with Crippen molar-refractivity contribution in [2.24, 2.45) is 5.92 Å². The van der Waals surface area contributed by atoms with Crippen LogP contribution in [0.5, 0.6) is 0 Å². The van der Waals surface area contributed by atoms with Crippen LogP contribution in [0.25, 0.3) is 0 Å². The van der Waals surface area contributed by atoms with Crippen LogP contribution in [-0.4, -0.2) is 55.1 Å². The molecule has 0 saturated carbocycles. The fourth-order valence-corrected chi connectivity index (χ4v) is 3.49. The topological polar surface area (TPSA) is 32.8 Å². The molecule has 0 atom stereocenters. The van der Waals surface area contributed by atoms with Crippen molar-refractivity contribution in [2.45, 2.75) is 32.7 Å². The summed E-state index contributed by atoms with van der Waals surface area (Å²) in [6.07, 6.45) is 3.00. The molecule has 2 aliphatic heterocycles. The van der Waals surface area contributed by atoms with Gasteiger partial charge in [-0.3, -0.25) is 9.69 Å². The van der Waals surface area contributed by atoms with Crippen molar-refractivity contribution in [3.05, 3.63) is 35.4 Å². The van der Waals surface area contributed by atoms with Crippen molar-refractivity contribution in [3.63, 3.8) is 0 Å². The lowest BCUT2D eigenvalue weighted by atomic mass is 9.92. The fraction of sp³-hybridized carbons (Fsp3) is 0.632. The van der Waals surface area contributed by atoms with Crippen molar-refractivity contribution < 1.29 is 9.53 Å². The first-order valence-corrected chi connectivity index (χ1v) is 8.84. The standard InChI is InChI=1S/C19H28N2O2/c1-16-2-4-18(5-3-16)15-20-8-6-17(7-9-20)14-19(22)21-10-12-23-13-11-21/h2-5,17H,6-15H2,1H3. The molecule has 0 spiro atoms. The minimum absolute atomic E-state index is 0.324. The van der Waals surface area contributed by atoms with Gasteiger partial charge in [0.2, 0.25) is 5.91 Å². The van der Waals surface area contributed by atoms with E-state index in [0.717, 1.165) is 52.0 Å². The molecule has 0 radical (unpaired) electrons. The SMILES string of the molecule is Cc1ccc(CN2CCC(CC(=O)N3CCOCC3)CC2)cc1. The van der Waals surface area contributed by atoms with Crippen LogP contribution < -0.4 is 0 Å². The highest BCUT2D eigenvalue weighted by Crippen LogP contribution is 2.23. The van der Waals surface area contributed by atoms with Crippen LogP contribution >= 0.6 is 0 Å². The van der Waals surface area contributed by atoms with E-state index < -0.39 is 0 Å². The monoisotopic (exact) mass is 316 g/mol. The Balaban J connectivity index is 1.41. The number of likely N-dealkylation sites (tertiary alicyclic amines) is 1. The van der Waals surface area contributed by atoms with Crippen molar-refractivity contribution in [3.8, 4) is 0 Å². The summed E-state index contributed by atoms with van der Waals surface area (Å²) < 4.78 is 5.32. The largest absolute Gasteiger partial charge is 0.378 e. The van der Waals surface area contributed by atoms with Gasteiger partial charge in [-0.15, -0.1) is 0 Å². The number of rotatable bonds is 4. The van der Waals surface area contributed by atoms with Gasteiger partial charge in [0.1, 0.15) is 0 Å². The first kappa shape index (κ1) is 16.5. The third kappa shape index (κ3) is 4.79. The molecule has 0 aliphatic carbocycles. The number of benzene rings is 1. The Hall–Kier alpha value is -1.39. The number of morpholine rings is 1. The molecule has 0 aromatic heterocycles. The van der Waals surface area contributed by atoms with Gasteiger partial charge in [-0.05, 0) is 44.3 Å². The average molecular weight is 316 g/mol. The zero-order chi connectivity index (χ0) is 16.1. The van der Waals surface area contributed by atoms with E-state index in [1.165, 1.54) is 11.1 Å². The van der Waals surface area contributed by atoms with E-state index in [-0.39, 0.29) is 0 Å². The molecule has 4 nitrogen and oxygen atoms in total. The van der Waals surface area contributed by atoms with Crippen molar-refractivity contribution in [1.29, 1.82) is 0 Å². The van der Waals surface area contributed by atoms with Crippen molar-refractivity contribution in [2.75, 3.05) is 39.4 Å². The molecule has 2 aliphatic rings. The van der Waals surface area contributed by atoms with Crippen molar-refractivity contribution >= 4 is 5.91 Å². The Morgan fingerprint density at radius 2 is 1.74 bits per heavy atom. The molecule has 0 N–H and O–H groups in total. The van der Waals surface area contributed by atoms with Gasteiger partial charge in [0.15, 0.2) is 0 Å². The third-order valence-corrected chi connectivity index (χ3v) is 5.06. The molecule has 1 aromatic carbocycles. The molecule has 3 rings (SSSR count). The van der Waals surface area contributed by atoms with Crippen LogP contribution in [0.4, 0.5) is 0 Å². The molecule has 0 bridgehead atoms. The van der Waals surface area contributed by atoms with Gasteiger partial charge in [-0.1, -0.05) is 29.8 Å². The molecule has 2 saturated heterocycles. The average Bonchev–Trinajstić information content (AvgIpc) is 2.59. The molecule has 1 aromatic rings. The number of amides is 1. The summed E-state index contributed by atoms with van der Waals surface area (Å²) in [5, 5.41) is 0. The van der Waals surface area contributed by atoms with E-state index in [4.69, 9.17) is 4.74 Å². The highest BCUT2D eigenvalue weighted by atomic mass is 16.5. The fourth-order valence-electron chi connectivity index (χ4n) is 3.49. The van der Waals surface area contributed by atoms with Crippen molar-refractivity contribution in [1.82, 2.24) is 9.80 Å². The summed E-state index contributed by atoms with van der Waals surface area (Å²) in [6.45, 7) is 8.30. The molecule has 4 heteroatoms. The maximum atomic E-state index is 12.3. The van der Waals surface area contributed by atoms with Gasteiger partial charge in [-0.2, -0.15) is 0 Å². The smallest absolute Gasteiger partial charge is 0.223 e. The number of nitrogens with zero attached hydrogens (tertiary/aromatic N) is 2. The van der Waals surface area contributed by atoms with E-state index in [0.29, 0.717) is 25.0 Å². The Morgan fingerprint density at radius 1 is 1.09 bits per heavy atom. The number of piperidine rings is 1. The van der Waals surface area contributed by atoms with Crippen LogP contribution in [-0.2, 0) is 16.1 Å². The minimum atomic E-state index is 0.324. The van der Waals surface area contributed by atoms with E-state index in [2.05, 4.69) is 36.1 Å². The molecule has 2 fully saturated rings. The Bertz CT molecular complexity index is 501. The maximum absolute atomic E-state index is 12.3. The summed E-state index contributed by atoms with van der Waals surface area (Å²) in [5.41, 5.74) is 2.70. The minimum Gasteiger partial charge on any atom is -0.378 e. The van der Waals surface area contributed by atoms with Gasteiger partial charge >= 0.3 is 0 Å². The van der Waals surface area contributed by atoms with Gasteiger partial charge in [0, 0.05) is 26.1 Å². The third-order valence-electron chi connectivity index (χ3n) is 5.06.